The van der Waals surface area contributed by atoms with Crippen LogP contribution < -0.4 is 0 Å². The van der Waals surface area contributed by atoms with E-state index >= 15 is 0 Å². The van der Waals surface area contributed by atoms with Gasteiger partial charge in [0.2, 0.25) is 5.78 Å². The normalized spacial score (nSPS) is 16.6. The van der Waals surface area contributed by atoms with Crippen molar-refractivity contribution in [2.75, 3.05) is 12.3 Å². The topological polar surface area (TPSA) is 97.3 Å². The van der Waals surface area contributed by atoms with E-state index in [1.54, 1.807) is 38.6 Å². The number of carbonyl (C=O) groups excluding carboxylic acids is 2. The number of nitrogens with zero attached hydrogens (tertiary/aromatic N) is 3. The zero-order valence-corrected chi connectivity index (χ0v) is 21.8. The summed E-state index contributed by atoms with van der Waals surface area (Å²) in [4.78, 5) is 35.4. The number of sulfone groups is 1. The Kier molecular flexibility index (Phi) is 9.16. The molecule has 0 radical (unpaired) electrons. The van der Waals surface area contributed by atoms with Crippen LogP contribution in [0.5, 0.6) is 0 Å². The highest BCUT2D eigenvalue weighted by Gasteiger charge is 2.41. The van der Waals surface area contributed by atoms with Crippen molar-refractivity contribution in [2.45, 2.75) is 77.0 Å². The molecule has 2 aromatic rings. The SMILES string of the molecule is CCC(C)(C)C(=O)C(=O)N1CCC[C@H]1CS(=O)(=O)C(CCc1ccncc1)CCc1ccncc1. The third kappa shape index (κ3) is 7.19. The second-order valence-electron chi connectivity index (χ2n) is 10.1. The molecule has 0 spiro atoms. The summed E-state index contributed by atoms with van der Waals surface area (Å²) in [6, 6.07) is 7.18. The molecule has 190 valence electrons. The van der Waals surface area contributed by atoms with Crippen molar-refractivity contribution in [1.82, 2.24) is 14.9 Å². The number of likely N-dealkylation sites (tertiary alicyclic amines) is 1. The van der Waals surface area contributed by atoms with E-state index < -0.39 is 38.2 Å². The molecule has 1 saturated heterocycles. The van der Waals surface area contributed by atoms with Crippen molar-refractivity contribution in [3.63, 3.8) is 0 Å². The van der Waals surface area contributed by atoms with Crippen molar-refractivity contribution in [1.29, 1.82) is 0 Å². The molecule has 7 nitrogen and oxygen atoms in total. The number of pyridine rings is 2. The molecule has 1 fully saturated rings. The van der Waals surface area contributed by atoms with E-state index in [1.807, 2.05) is 31.2 Å². The second kappa shape index (κ2) is 11.9. The average molecular weight is 500 g/mol. The second-order valence-corrected chi connectivity index (χ2v) is 12.4. The van der Waals surface area contributed by atoms with Gasteiger partial charge >= 0.3 is 0 Å². The molecule has 0 aliphatic carbocycles. The summed E-state index contributed by atoms with van der Waals surface area (Å²) >= 11 is 0. The lowest BCUT2D eigenvalue weighted by molar-refractivity contribution is -0.149. The highest BCUT2D eigenvalue weighted by atomic mass is 32.2. The minimum Gasteiger partial charge on any atom is -0.332 e. The standard InChI is InChI=1S/C27H37N3O4S/c1-4-27(2,3)25(31)26(32)30-19-5-6-23(30)20-35(33,34)24(9-7-21-11-15-28-16-12-21)10-8-22-13-17-29-18-14-22/h11-18,23-24H,4-10,19-20H2,1-3H3/t23-/m0/s1. The largest absolute Gasteiger partial charge is 0.332 e. The van der Waals surface area contributed by atoms with E-state index in [1.165, 1.54) is 4.90 Å². The Bertz CT molecular complexity index is 1040. The van der Waals surface area contributed by atoms with Crippen LogP contribution in [-0.4, -0.2) is 58.6 Å². The fraction of sp³-hybridized carbons (Fsp3) is 0.556. The number of ketones is 1. The lowest BCUT2D eigenvalue weighted by atomic mass is 9.84. The van der Waals surface area contributed by atoms with Crippen LogP contribution in [0.4, 0.5) is 0 Å². The van der Waals surface area contributed by atoms with Crippen LogP contribution in [0.2, 0.25) is 0 Å². The molecule has 0 saturated carbocycles. The Morgan fingerprint density at radius 2 is 1.51 bits per heavy atom. The van der Waals surface area contributed by atoms with Crippen LogP contribution in [0, 0.1) is 5.41 Å². The molecule has 8 heteroatoms. The Morgan fingerprint density at radius 1 is 1.00 bits per heavy atom. The van der Waals surface area contributed by atoms with Gasteiger partial charge in [0.25, 0.3) is 5.91 Å². The van der Waals surface area contributed by atoms with Gasteiger partial charge in [-0.05, 0) is 80.3 Å². The van der Waals surface area contributed by atoms with Gasteiger partial charge < -0.3 is 4.90 Å². The predicted octanol–water partition coefficient (Wildman–Crippen LogP) is 3.82. The summed E-state index contributed by atoms with van der Waals surface area (Å²) in [6.07, 6.45) is 11.0. The van der Waals surface area contributed by atoms with Crippen LogP contribution in [0.25, 0.3) is 0 Å². The first kappa shape index (κ1) is 27.0. The van der Waals surface area contributed by atoms with Crippen molar-refractivity contribution < 1.29 is 18.0 Å². The van der Waals surface area contributed by atoms with Gasteiger partial charge in [0.1, 0.15) is 0 Å². The van der Waals surface area contributed by atoms with E-state index in [-0.39, 0.29) is 5.75 Å². The third-order valence-electron chi connectivity index (χ3n) is 7.27. The first-order valence-corrected chi connectivity index (χ1v) is 14.2. The van der Waals surface area contributed by atoms with E-state index in [9.17, 15) is 18.0 Å². The Morgan fingerprint density at radius 3 is 2.00 bits per heavy atom. The zero-order valence-electron chi connectivity index (χ0n) is 21.0. The number of hydrogen-bond donors (Lipinski definition) is 0. The summed E-state index contributed by atoms with van der Waals surface area (Å²) in [5.74, 6) is -1.08. The molecule has 0 bridgehead atoms. The minimum absolute atomic E-state index is 0.101. The van der Waals surface area contributed by atoms with Crippen molar-refractivity contribution in [3.8, 4) is 0 Å². The van der Waals surface area contributed by atoms with Gasteiger partial charge in [0, 0.05) is 42.8 Å². The number of hydrogen-bond acceptors (Lipinski definition) is 6. The smallest absolute Gasteiger partial charge is 0.290 e. The van der Waals surface area contributed by atoms with Crippen LogP contribution in [0.3, 0.4) is 0 Å². The molecule has 0 unspecified atom stereocenters. The van der Waals surface area contributed by atoms with Gasteiger partial charge in [-0.2, -0.15) is 0 Å². The average Bonchev–Trinajstić information content (AvgIpc) is 3.31. The fourth-order valence-electron chi connectivity index (χ4n) is 4.52. The highest BCUT2D eigenvalue weighted by molar-refractivity contribution is 7.92. The number of Topliss-reactive ketones (excluding diaryl/α,β-unsaturated/α-hetero) is 1. The third-order valence-corrected chi connectivity index (χ3v) is 9.61. The molecule has 1 atom stereocenters. The Hall–Kier alpha value is -2.61. The summed E-state index contributed by atoms with van der Waals surface area (Å²) < 4.78 is 27.3. The van der Waals surface area contributed by atoms with E-state index in [4.69, 9.17) is 0 Å². The number of carbonyl (C=O) groups is 2. The number of aryl methyl sites for hydroxylation is 2. The van der Waals surface area contributed by atoms with Gasteiger partial charge in [-0.25, -0.2) is 8.42 Å². The van der Waals surface area contributed by atoms with Crippen molar-refractivity contribution in [2.24, 2.45) is 5.41 Å². The molecule has 1 amide bonds. The molecule has 0 N–H and O–H groups in total. The first-order valence-electron chi connectivity index (χ1n) is 12.5. The lowest BCUT2D eigenvalue weighted by Gasteiger charge is -2.29. The molecule has 35 heavy (non-hydrogen) atoms. The van der Waals surface area contributed by atoms with Crippen LogP contribution >= 0.6 is 0 Å². The zero-order chi connectivity index (χ0) is 25.5. The predicted molar refractivity (Wildman–Crippen MR) is 137 cm³/mol. The molecule has 2 aromatic heterocycles. The van der Waals surface area contributed by atoms with Crippen LogP contribution in [0.15, 0.2) is 49.1 Å². The maximum atomic E-state index is 13.7. The van der Waals surface area contributed by atoms with Gasteiger partial charge in [0.15, 0.2) is 9.84 Å². The number of rotatable bonds is 12. The van der Waals surface area contributed by atoms with Crippen LogP contribution in [-0.2, 0) is 32.3 Å². The molecular formula is C27H37N3O4S. The van der Waals surface area contributed by atoms with Crippen molar-refractivity contribution >= 4 is 21.5 Å². The Balaban J connectivity index is 1.74. The number of amides is 1. The Labute approximate surface area is 209 Å². The molecule has 3 rings (SSSR count). The van der Waals surface area contributed by atoms with E-state index in [2.05, 4.69) is 9.97 Å². The molecule has 1 aliphatic rings. The number of aromatic nitrogens is 2. The summed E-state index contributed by atoms with van der Waals surface area (Å²) in [5.41, 5.74) is 1.35. The lowest BCUT2D eigenvalue weighted by Crippen LogP contribution is -2.47. The molecule has 1 aliphatic heterocycles. The van der Waals surface area contributed by atoms with Crippen molar-refractivity contribution in [3.05, 3.63) is 60.2 Å². The fourth-order valence-corrected chi connectivity index (χ4v) is 6.63. The van der Waals surface area contributed by atoms with Gasteiger partial charge in [0.05, 0.1) is 11.0 Å². The van der Waals surface area contributed by atoms with Gasteiger partial charge in [-0.15, -0.1) is 0 Å². The van der Waals surface area contributed by atoms with E-state index in [0.717, 1.165) is 11.1 Å². The highest BCUT2D eigenvalue weighted by Crippen LogP contribution is 2.28. The summed E-state index contributed by atoms with van der Waals surface area (Å²) in [7, 11) is -3.52. The maximum absolute atomic E-state index is 13.7. The minimum atomic E-state index is -3.52. The quantitative estimate of drug-likeness (QED) is 0.412. The monoisotopic (exact) mass is 499 g/mol. The van der Waals surface area contributed by atoms with Gasteiger partial charge in [-0.3, -0.25) is 19.6 Å². The summed E-state index contributed by atoms with van der Waals surface area (Å²) in [5, 5.41) is -0.538. The first-order chi connectivity index (χ1) is 16.6. The van der Waals surface area contributed by atoms with E-state index in [0.29, 0.717) is 51.5 Å². The molecule has 0 aromatic carbocycles. The maximum Gasteiger partial charge on any atom is 0.290 e. The summed E-state index contributed by atoms with van der Waals surface area (Å²) in [6.45, 7) is 5.85. The van der Waals surface area contributed by atoms with Crippen LogP contribution in [0.1, 0.15) is 64.0 Å². The molecule has 3 heterocycles. The van der Waals surface area contributed by atoms with Gasteiger partial charge in [-0.1, -0.05) is 20.8 Å². The molecular weight excluding hydrogens is 462 g/mol.